The van der Waals surface area contributed by atoms with Crippen molar-refractivity contribution in [2.45, 2.75) is 42.4 Å². The lowest BCUT2D eigenvalue weighted by atomic mass is 10.0. The van der Waals surface area contributed by atoms with E-state index in [0.29, 0.717) is 18.7 Å². The SMILES string of the molecule is Cl.NCC1CCCCN1C(=O)Cc1ccc(S(=O)(=O)C(F)F)cc1. The van der Waals surface area contributed by atoms with Gasteiger partial charge in [-0.1, -0.05) is 12.1 Å². The van der Waals surface area contributed by atoms with Gasteiger partial charge in [-0.2, -0.15) is 8.78 Å². The number of likely N-dealkylation sites (tertiary alicyclic amines) is 1. The number of carbonyl (C=O) groups excluding carboxylic acids is 1. The van der Waals surface area contributed by atoms with Crippen LogP contribution in [0.1, 0.15) is 24.8 Å². The molecule has 24 heavy (non-hydrogen) atoms. The van der Waals surface area contributed by atoms with Crippen LogP contribution in [0.5, 0.6) is 0 Å². The lowest BCUT2D eigenvalue weighted by molar-refractivity contribution is -0.133. The fourth-order valence-corrected chi connectivity index (χ4v) is 3.47. The van der Waals surface area contributed by atoms with Gasteiger partial charge in [0.2, 0.25) is 15.7 Å². The van der Waals surface area contributed by atoms with E-state index in [-0.39, 0.29) is 30.8 Å². The van der Waals surface area contributed by atoms with Gasteiger partial charge in [-0.05, 0) is 37.0 Å². The predicted octanol–water partition coefficient (Wildman–Crippen LogP) is 1.99. The van der Waals surface area contributed by atoms with Gasteiger partial charge in [0, 0.05) is 19.1 Å². The zero-order valence-electron chi connectivity index (χ0n) is 13.0. The minimum Gasteiger partial charge on any atom is -0.338 e. The Kier molecular flexibility index (Phi) is 7.56. The molecule has 1 aromatic carbocycles. The first-order chi connectivity index (χ1) is 10.9. The summed E-state index contributed by atoms with van der Waals surface area (Å²) in [4.78, 5) is 13.7. The van der Waals surface area contributed by atoms with Crippen LogP contribution < -0.4 is 5.73 Å². The van der Waals surface area contributed by atoms with E-state index >= 15 is 0 Å². The van der Waals surface area contributed by atoms with Gasteiger partial charge in [-0.25, -0.2) is 8.42 Å². The molecule has 1 amide bonds. The number of piperidine rings is 1. The number of hydrogen-bond acceptors (Lipinski definition) is 4. The molecule has 1 saturated heterocycles. The highest BCUT2D eigenvalue weighted by Gasteiger charge is 2.27. The van der Waals surface area contributed by atoms with Gasteiger partial charge in [-0.3, -0.25) is 4.79 Å². The number of rotatable bonds is 5. The molecule has 2 rings (SSSR count). The van der Waals surface area contributed by atoms with Crippen molar-refractivity contribution < 1.29 is 22.0 Å². The second-order valence-electron chi connectivity index (χ2n) is 5.60. The standard InChI is InChI=1S/C15H20F2N2O3S.ClH/c16-15(17)23(21,22)13-6-4-11(5-7-13)9-14(20)19-8-2-1-3-12(19)10-18;/h4-7,12,15H,1-3,8-10,18H2;1H. The molecule has 1 aliphatic rings. The number of carbonyl (C=O) groups is 1. The summed E-state index contributed by atoms with van der Waals surface area (Å²) in [5.41, 5.74) is 6.28. The Morgan fingerprint density at radius 2 is 1.88 bits per heavy atom. The van der Waals surface area contributed by atoms with Gasteiger partial charge < -0.3 is 10.6 Å². The van der Waals surface area contributed by atoms with Crippen LogP contribution in [0.2, 0.25) is 0 Å². The summed E-state index contributed by atoms with van der Waals surface area (Å²) in [5, 5.41) is 0. The first kappa shape index (κ1) is 20.8. The molecule has 0 aliphatic carbocycles. The van der Waals surface area contributed by atoms with Crippen LogP contribution in [0.15, 0.2) is 29.2 Å². The first-order valence-electron chi connectivity index (χ1n) is 7.46. The Morgan fingerprint density at radius 3 is 2.42 bits per heavy atom. The number of alkyl halides is 2. The fraction of sp³-hybridized carbons (Fsp3) is 0.533. The summed E-state index contributed by atoms with van der Waals surface area (Å²) in [6.07, 6.45) is 2.97. The molecular weight excluding hydrogens is 362 g/mol. The van der Waals surface area contributed by atoms with Gasteiger partial charge >= 0.3 is 5.76 Å². The molecule has 2 N–H and O–H groups in total. The Morgan fingerprint density at radius 1 is 1.25 bits per heavy atom. The molecular formula is C15H21ClF2N2O3S. The van der Waals surface area contributed by atoms with Crippen molar-refractivity contribution in [3.05, 3.63) is 29.8 Å². The molecule has 1 atom stereocenters. The number of sulfone groups is 1. The van der Waals surface area contributed by atoms with Crippen molar-refractivity contribution in [1.29, 1.82) is 0 Å². The van der Waals surface area contributed by atoms with Crippen molar-refractivity contribution in [2.24, 2.45) is 5.73 Å². The average molecular weight is 383 g/mol. The molecule has 1 heterocycles. The molecule has 1 fully saturated rings. The molecule has 0 bridgehead atoms. The van der Waals surface area contributed by atoms with Gasteiger partial charge in [-0.15, -0.1) is 12.4 Å². The smallest absolute Gasteiger partial charge is 0.338 e. The maximum Gasteiger partial charge on any atom is 0.341 e. The molecule has 5 nitrogen and oxygen atoms in total. The van der Waals surface area contributed by atoms with E-state index in [0.717, 1.165) is 31.4 Å². The maximum atomic E-state index is 12.5. The summed E-state index contributed by atoms with van der Waals surface area (Å²) in [7, 11) is -4.60. The van der Waals surface area contributed by atoms with Gasteiger partial charge in [0.1, 0.15) is 0 Å². The molecule has 1 unspecified atom stereocenters. The molecule has 0 saturated carbocycles. The molecule has 1 aromatic rings. The summed E-state index contributed by atoms with van der Waals surface area (Å²) < 4.78 is 47.7. The summed E-state index contributed by atoms with van der Waals surface area (Å²) in [6.45, 7) is 1.08. The fourth-order valence-electron chi connectivity index (χ4n) is 2.75. The minimum atomic E-state index is -4.60. The lowest BCUT2D eigenvalue weighted by Gasteiger charge is -2.35. The van der Waals surface area contributed by atoms with Crippen molar-refractivity contribution >= 4 is 28.2 Å². The Bertz CT molecular complexity index is 653. The Balaban J connectivity index is 0.00000288. The van der Waals surface area contributed by atoms with E-state index in [1.165, 1.54) is 12.1 Å². The van der Waals surface area contributed by atoms with Gasteiger partial charge in [0.15, 0.2) is 0 Å². The predicted molar refractivity (Wildman–Crippen MR) is 89.0 cm³/mol. The number of hydrogen-bond donors (Lipinski definition) is 1. The molecule has 136 valence electrons. The van der Waals surface area contributed by atoms with Crippen molar-refractivity contribution in [1.82, 2.24) is 4.90 Å². The van der Waals surface area contributed by atoms with Crippen LogP contribution in [0.4, 0.5) is 8.78 Å². The average Bonchev–Trinajstić information content (AvgIpc) is 2.55. The van der Waals surface area contributed by atoms with E-state index in [9.17, 15) is 22.0 Å². The zero-order valence-corrected chi connectivity index (χ0v) is 14.7. The lowest BCUT2D eigenvalue weighted by Crippen LogP contribution is -2.48. The molecule has 0 aromatic heterocycles. The topological polar surface area (TPSA) is 80.5 Å². The van der Waals surface area contributed by atoms with Gasteiger partial charge in [0.05, 0.1) is 11.3 Å². The van der Waals surface area contributed by atoms with E-state index in [4.69, 9.17) is 5.73 Å². The molecule has 9 heteroatoms. The normalized spacial score (nSPS) is 18.3. The highest BCUT2D eigenvalue weighted by Crippen LogP contribution is 2.20. The van der Waals surface area contributed by atoms with Gasteiger partial charge in [0.25, 0.3) is 0 Å². The van der Waals surface area contributed by atoms with Crippen LogP contribution in [0, 0.1) is 0 Å². The van der Waals surface area contributed by atoms with E-state index in [1.807, 2.05) is 0 Å². The molecule has 1 aliphatic heterocycles. The summed E-state index contributed by atoms with van der Waals surface area (Å²) in [6, 6.07) is 5.06. The van der Waals surface area contributed by atoms with Crippen molar-refractivity contribution in [2.75, 3.05) is 13.1 Å². The number of amides is 1. The first-order valence-corrected chi connectivity index (χ1v) is 9.01. The third kappa shape index (κ3) is 4.64. The quantitative estimate of drug-likeness (QED) is 0.844. The van der Waals surface area contributed by atoms with E-state index in [1.54, 1.807) is 4.90 Å². The summed E-state index contributed by atoms with van der Waals surface area (Å²) >= 11 is 0. The van der Waals surface area contributed by atoms with E-state index in [2.05, 4.69) is 0 Å². The Hall–Kier alpha value is -1.25. The third-order valence-electron chi connectivity index (χ3n) is 4.06. The second-order valence-corrected chi connectivity index (χ2v) is 7.52. The molecule has 0 spiro atoms. The monoisotopic (exact) mass is 382 g/mol. The van der Waals surface area contributed by atoms with Crippen LogP contribution in [0.3, 0.4) is 0 Å². The number of benzene rings is 1. The van der Waals surface area contributed by atoms with Crippen LogP contribution in [0.25, 0.3) is 0 Å². The highest BCUT2D eigenvalue weighted by molar-refractivity contribution is 7.91. The van der Waals surface area contributed by atoms with Crippen molar-refractivity contribution in [3.63, 3.8) is 0 Å². The summed E-state index contributed by atoms with van der Waals surface area (Å²) in [5.74, 6) is -3.53. The number of halogens is 3. The second kappa shape index (κ2) is 8.73. The van der Waals surface area contributed by atoms with Crippen LogP contribution in [-0.4, -0.2) is 44.1 Å². The van der Waals surface area contributed by atoms with Crippen LogP contribution in [-0.2, 0) is 21.1 Å². The van der Waals surface area contributed by atoms with E-state index < -0.39 is 20.5 Å². The highest BCUT2D eigenvalue weighted by atomic mass is 35.5. The van der Waals surface area contributed by atoms with Crippen molar-refractivity contribution in [3.8, 4) is 0 Å². The maximum absolute atomic E-state index is 12.5. The number of nitrogens with two attached hydrogens (primary N) is 1. The Labute approximate surface area is 146 Å². The largest absolute Gasteiger partial charge is 0.341 e. The number of nitrogens with zero attached hydrogens (tertiary/aromatic N) is 1. The van der Waals surface area contributed by atoms with Crippen LogP contribution >= 0.6 is 12.4 Å². The third-order valence-corrected chi connectivity index (χ3v) is 5.46. The zero-order chi connectivity index (χ0) is 17.0. The molecule has 0 radical (unpaired) electrons. The minimum absolute atomic E-state index is 0.